The zero-order chi connectivity index (χ0) is 15.1. The number of nitrogens with zero attached hydrogens (tertiary/aromatic N) is 1. The molecule has 0 radical (unpaired) electrons. The molecule has 108 valence electrons. The first-order valence-electron chi connectivity index (χ1n) is 6.04. The molecule has 0 aliphatic heterocycles. The summed E-state index contributed by atoms with van der Waals surface area (Å²) in [5, 5.41) is 8.66. The predicted octanol–water partition coefficient (Wildman–Crippen LogP) is 2.28. The van der Waals surface area contributed by atoms with E-state index in [0.29, 0.717) is 10.6 Å². The molecule has 0 fully saturated rings. The molecule has 21 heavy (non-hydrogen) atoms. The topological polar surface area (TPSA) is 70.6 Å². The fourth-order valence-electron chi connectivity index (χ4n) is 1.46. The lowest BCUT2D eigenvalue weighted by Gasteiger charge is -2.04. The Morgan fingerprint density at radius 1 is 1.29 bits per heavy atom. The van der Waals surface area contributed by atoms with Gasteiger partial charge < -0.3 is 5.32 Å². The summed E-state index contributed by atoms with van der Waals surface area (Å²) in [6, 6.07) is 10.3. The van der Waals surface area contributed by atoms with Crippen molar-refractivity contribution in [3.63, 3.8) is 0 Å². The van der Waals surface area contributed by atoms with Crippen molar-refractivity contribution in [3.05, 3.63) is 57.2 Å². The third-order valence-electron chi connectivity index (χ3n) is 2.42. The molecule has 2 N–H and O–H groups in total. The van der Waals surface area contributed by atoms with Crippen LogP contribution in [0.15, 0.2) is 46.9 Å². The van der Waals surface area contributed by atoms with Crippen LogP contribution in [-0.4, -0.2) is 24.6 Å². The lowest BCUT2D eigenvalue weighted by Crippen LogP contribution is -2.34. The zero-order valence-corrected chi connectivity index (χ0v) is 12.4. The average Bonchev–Trinajstić information content (AvgIpc) is 2.98. The highest BCUT2D eigenvalue weighted by atomic mass is 35.5. The maximum absolute atomic E-state index is 11.8. The molecule has 7 heteroatoms. The number of benzene rings is 1. The number of carbonyl (C=O) groups is 2. The van der Waals surface area contributed by atoms with Crippen LogP contribution in [0.25, 0.3) is 0 Å². The van der Waals surface area contributed by atoms with E-state index in [1.54, 1.807) is 24.4 Å². The van der Waals surface area contributed by atoms with Gasteiger partial charge in [0.05, 0.1) is 12.8 Å². The van der Waals surface area contributed by atoms with Gasteiger partial charge in [0, 0.05) is 15.5 Å². The molecule has 2 rings (SSSR count). The lowest BCUT2D eigenvalue weighted by molar-refractivity contribution is -0.120. The molecule has 1 heterocycles. The highest BCUT2D eigenvalue weighted by Gasteiger charge is 2.07. The molecule has 0 spiro atoms. The van der Waals surface area contributed by atoms with Crippen LogP contribution < -0.4 is 10.7 Å². The second kappa shape index (κ2) is 7.56. The minimum atomic E-state index is -0.404. The van der Waals surface area contributed by atoms with Crippen molar-refractivity contribution in [3.8, 4) is 0 Å². The predicted molar refractivity (Wildman–Crippen MR) is 83.8 cm³/mol. The number of amides is 2. The molecule has 1 aromatic carbocycles. The van der Waals surface area contributed by atoms with Crippen molar-refractivity contribution >= 4 is 41.0 Å². The Balaban J connectivity index is 1.77. The van der Waals surface area contributed by atoms with Gasteiger partial charge >= 0.3 is 0 Å². The van der Waals surface area contributed by atoms with Crippen LogP contribution in [0.2, 0.25) is 5.02 Å². The van der Waals surface area contributed by atoms with Crippen LogP contribution in [0.5, 0.6) is 0 Å². The molecule has 2 aromatic rings. The first-order chi connectivity index (χ1) is 10.1. The van der Waals surface area contributed by atoms with Crippen molar-refractivity contribution in [2.75, 3.05) is 6.54 Å². The number of nitrogens with one attached hydrogen (secondary N) is 2. The van der Waals surface area contributed by atoms with Gasteiger partial charge in [-0.3, -0.25) is 9.59 Å². The Bertz CT molecular complexity index is 656. The molecule has 5 nitrogen and oxygen atoms in total. The maximum atomic E-state index is 11.8. The van der Waals surface area contributed by atoms with Crippen molar-refractivity contribution in [1.82, 2.24) is 10.7 Å². The summed E-state index contributed by atoms with van der Waals surface area (Å²) in [5.41, 5.74) is 2.74. The van der Waals surface area contributed by atoms with Gasteiger partial charge in [0.25, 0.3) is 11.8 Å². The van der Waals surface area contributed by atoms with E-state index in [4.69, 9.17) is 11.6 Å². The van der Waals surface area contributed by atoms with Crippen molar-refractivity contribution in [2.24, 2.45) is 5.10 Å². The zero-order valence-electron chi connectivity index (χ0n) is 10.9. The number of rotatable bonds is 5. The quantitative estimate of drug-likeness (QED) is 0.655. The fraction of sp³-hybridized carbons (Fsp3) is 0.0714. The molecule has 0 aliphatic rings. The van der Waals surface area contributed by atoms with Crippen LogP contribution in [0.4, 0.5) is 0 Å². The van der Waals surface area contributed by atoms with Crippen LogP contribution in [-0.2, 0) is 4.79 Å². The van der Waals surface area contributed by atoms with Crippen molar-refractivity contribution in [1.29, 1.82) is 0 Å². The second-order valence-corrected chi connectivity index (χ2v) is 5.42. The van der Waals surface area contributed by atoms with Gasteiger partial charge in [-0.05, 0) is 29.6 Å². The number of hydrogen-bond donors (Lipinski definition) is 2. The van der Waals surface area contributed by atoms with E-state index in [9.17, 15) is 9.59 Å². The maximum Gasteiger partial charge on any atom is 0.259 e. The summed E-state index contributed by atoms with van der Waals surface area (Å²) in [7, 11) is 0. The first-order valence-corrected chi connectivity index (χ1v) is 7.30. The average molecular weight is 322 g/mol. The van der Waals surface area contributed by atoms with Gasteiger partial charge in [0.1, 0.15) is 0 Å². The molecule has 0 saturated heterocycles. The Labute approximate surface area is 130 Å². The third-order valence-corrected chi connectivity index (χ3v) is 3.46. The molecule has 2 amide bonds. The summed E-state index contributed by atoms with van der Waals surface area (Å²) >= 11 is 7.30. The molecule has 0 bridgehead atoms. The molecule has 0 aliphatic carbocycles. The first kappa shape index (κ1) is 15.2. The number of hydrazone groups is 1. The van der Waals surface area contributed by atoms with Gasteiger partial charge in [0.15, 0.2) is 0 Å². The molecule has 0 saturated carbocycles. The number of carbonyl (C=O) groups excluding carboxylic acids is 2. The monoisotopic (exact) mass is 321 g/mol. The number of halogens is 1. The molecular formula is C14H12ClN3O2S. The fourth-order valence-corrected chi connectivity index (χ4v) is 2.24. The molecule has 1 aromatic heterocycles. The van der Waals surface area contributed by atoms with E-state index in [0.717, 1.165) is 4.88 Å². The second-order valence-electron chi connectivity index (χ2n) is 4.00. The summed E-state index contributed by atoms with van der Waals surface area (Å²) in [6.07, 6.45) is 1.54. The number of hydrogen-bond acceptors (Lipinski definition) is 4. The normalized spacial score (nSPS) is 10.5. The van der Waals surface area contributed by atoms with E-state index in [1.807, 2.05) is 17.5 Å². The minimum Gasteiger partial charge on any atom is -0.343 e. The SMILES string of the molecule is O=C(CNC(=O)c1cccc(Cl)c1)N/N=C/c1cccs1. The van der Waals surface area contributed by atoms with Gasteiger partial charge in [-0.1, -0.05) is 23.7 Å². The van der Waals surface area contributed by atoms with Crippen LogP contribution in [0.3, 0.4) is 0 Å². The van der Waals surface area contributed by atoms with Gasteiger partial charge in [-0.2, -0.15) is 5.10 Å². The van der Waals surface area contributed by atoms with E-state index >= 15 is 0 Å². The molecular weight excluding hydrogens is 310 g/mol. The molecule has 0 unspecified atom stereocenters. The minimum absolute atomic E-state index is 0.160. The van der Waals surface area contributed by atoms with Crippen LogP contribution in [0.1, 0.15) is 15.2 Å². The standard InChI is InChI=1S/C14H12ClN3O2S/c15-11-4-1-3-10(7-11)14(20)16-9-13(19)18-17-8-12-5-2-6-21-12/h1-8H,9H2,(H,16,20)(H,18,19)/b17-8+. The van der Waals surface area contributed by atoms with E-state index in [-0.39, 0.29) is 12.5 Å². The Morgan fingerprint density at radius 2 is 2.14 bits per heavy atom. The van der Waals surface area contributed by atoms with Gasteiger partial charge in [-0.25, -0.2) is 5.43 Å². The van der Waals surface area contributed by atoms with Crippen LogP contribution in [0, 0.1) is 0 Å². The van der Waals surface area contributed by atoms with Crippen molar-refractivity contribution < 1.29 is 9.59 Å². The lowest BCUT2D eigenvalue weighted by atomic mass is 10.2. The van der Waals surface area contributed by atoms with Gasteiger partial charge in [0.2, 0.25) is 0 Å². The van der Waals surface area contributed by atoms with Crippen LogP contribution >= 0.6 is 22.9 Å². The summed E-state index contributed by atoms with van der Waals surface area (Å²) < 4.78 is 0. The Kier molecular flexibility index (Phi) is 5.48. The van der Waals surface area contributed by atoms with E-state index in [1.165, 1.54) is 17.4 Å². The highest BCUT2D eigenvalue weighted by molar-refractivity contribution is 7.11. The Morgan fingerprint density at radius 3 is 2.86 bits per heavy atom. The van der Waals surface area contributed by atoms with E-state index < -0.39 is 5.91 Å². The highest BCUT2D eigenvalue weighted by Crippen LogP contribution is 2.10. The van der Waals surface area contributed by atoms with Gasteiger partial charge in [-0.15, -0.1) is 11.3 Å². The summed E-state index contributed by atoms with van der Waals surface area (Å²) in [6.45, 7) is -0.160. The summed E-state index contributed by atoms with van der Waals surface area (Å²) in [4.78, 5) is 24.2. The van der Waals surface area contributed by atoms with E-state index in [2.05, 4.69) is 15.8 Å². The number of thiophene rings is 1. The van der Waals surface area contributed by atoms with Crippen molar-refractivity contribution in [2.45, 2.75) is 0 Å². The molecule has 0 atom stereocenters. The summed E-state index contributed by atoms with van der Waals surface area (Å²) in [5.74, 6) is -0.770. The third kappa shape index (κ3) is 5.02. The smallest absolute Gasteiger partial charge is 0.259 e. The largest absolute Gasteiger partial charge is 0.343 e. The Hall–Kier alpha value is -2.18.